The molecule has 2 amide bonds. The molecular weight excluding hydrogens is 595 g/mol. The van der Waals surface area contributed by atoms with E-state index in [4.69, 9.17) is 22.1 Å². The van der Waals surface area contributed by atoms with Crippen molar-refractivity contribution in [2.24, 2.45) is 5.73 Å². The van der Waals surface area contributed by atoms with Crippen molar-refractivity contribution < 1.29 is 36.3 Å². The number of anilines is 1. The summed E-state index contributed by atoms with van der Waals surface area (Å²) in [5.74, 6) is -1.72. The van der Waals surface area contributed by atoms with Crippen molar-refractivity contribution in [3.63, 3.8) is 0 Å². The van der Waals surface area contributed by atoms with Crippen molar-refractivity contribution in [3.8, 4) is 17.0 Å². The lowest BCUT2D eigenvalue weighted by atomic mass is 10.1. The third kappa shape index (κ3) is 5.02. The smallest absolute Gasteiger partial charge is 0.433 e. The van der Waals surface area contributed by atoms with Crippen LogP contribution >= 0.6 is 22.9 Å². The maximum absolute atomic E-state index is 14.1. The van der Waals surface area contributed by atoms with Gasteiger partial charge in [0.05, 0.1) is 18.5 Å². The van der Waals surface area contributed by atoms with Crippen molar-refractivity contribution in [1.82, 2.24) is 19.6 Å². The zero-order chi connectivity index (χ0) is 29.8. The van der Waals surface area contributed by atoms with Gasteiger partial charge >= 0.3 is 6.18 Å². The van der Waals surface area contributed by atoms with E-state index in [0.29, 0.717) is 21.6 Å². The molecule has 0 fully saturated rings. The molecule has 0 radical (unpaired) electrons. The Morgan fingerprint density at radius 1 is 1.17 bits per heavy atom. The van der Waals surface area contributed by atoms with E-state index in [2.05, 4.69) is 20.4 Å². The van der Waals surface area contributed by atoms with E-state index in [1.807, 2.05) is 0 Å². The van der Waals surface area contributed by atoms with E-state index < -0.39 is 52.2 Å². The lowest BCUT2D eigenvalue weighted by Crippen LogP contribution is -2.18. The van der Waals surface area contributed by atoms with Gasteiger partial charge in [0.2, 0.25) is 0 Å². The van der Waals surface area contributed by atoms with Gasteiger partial charge in [-0.1, -0.05) is 23.7 Å². The summed E-state index contributed by atoms with van der Waals surface area (Å²) in [5.41, 5.74) is 2.77. The van der Waals surface area contributed by atoms with Crippen molar-refractivity contribution in [2.45, 2.75) is 19.5 Å². The Balaban J connectivity index is 1.65. The minimum atomic E-state index is -4.92. The first kappa shape index (κ1) is 28.2. The average molecular weight is 611 g/mol. The van der Waals surface area contributed by atoms with Gasteiger partial charge in [-0.3, -0.25) is 9.59 Å². The second-order valence-corrected chi connectivity index (χ2v) is 10.0. The highest BCUT2D eigenvalue weighted by atomic mass is 35.5. The number of methoxy groups -OCH3 is 1. The first-order valence-corrected chi connectivity index (χ1v) is 12.6. The Bertz CT molecular complexity index is 1870. The van der Waals surface area contributed by atoms with E-state index in [-0.39, 0.29) is 37.6 Å². The van der Waals surface area contributed by atoms with Gasteiger partial charge in [-0.15, -0.1) is 11.3 Å². The second-order valence-electron chi connectivity index (χ2n) is 8.62. The van der Waals surface area contributed by atoms with Crippen molar-refractivity contribution >= 4 is 56.3 Å². The molecule has 16 heteroatoms. The van der Waals surface area contributed by atoms with Crippen LogP contribution in [0.4, 0.5) is 27.6 Å². The fourth-order valence-corrected chi connectivity index (χ4v) is 5.46. The number of halogens is 6. The second kappa shape index (κ2) is 10.2. The standard InChI is InChI=1S/C25H16ClF5N6O3S/c1-9-6-13(20(27)28)34-24-15(9)17(19(41-24)21(32)38)35-23(39)18-16(26)22-33-12(10-4-3-5-11(7-10)40-2)8-14(25(29,30)31)37(22)36-18/h3-8,20H,1-2H3,(H2,32,38)(H,35,39). The maximum Gasteiger partial charge on any atom is 0.433 e. The molecule has 0 aliphatic rings. The molecule has 0 unspecified atom stereocenters. The molecule has 0 saturated heterocycles. The number of nitrogens with one attached hydrogen (secondary N) is 1. The van der Waals surface area contributed by atoms with Gasteiger partial charge in [0.1, 0.15) is 26.2 Å². The molecule has 3 N–H and O–H groups in total. The third-order valence-corrected chi connectivity index (χ3v) is 7.42. The number of aryl methyl sites for hydroxylation is 1. The number of amides is 2. The molecule has 9 nitrogen and oxygen atoms in total. The molecule has 4 aromatic heterocycles. The first-order valence-electron chi connectivity index (χ1n) is 11.4. The number of hydrogen-bond acceptors (Lipinski definition) is 7. The summed E-state index contributed by atoms with van der Waals surface area (Å²) in [7, 11) is 1.39. The Labute approximate surface area is 235 Å². The summed E-state index contributed by atoms with van der Waals surface area (Å²) in [6.45, 7) is 1.46. The molecule has 1 aromatic carbocycles. The zero-order valence-electron chi connectivity index (χ0n) is 20.8. The molecule has 5 rings (SSSR count). The molecule has 0 bridgehead atoms. The summed E-state index contributed by atoms with van der Waals surface area (Å²) in [4.78, 5) is 33.3. The number of thiophene rings is 1. The number of alkyl halides is 5. The van der Waals surface area contributed by atoms with Gasteiger partial charge in [-0.2, -0.15) is 18.3 Å². The number of ether oxygens (including phenoxy) is 1. The molecule has 0 saturated carbocycles. The van der Waals surface area contributed by atoms with Crippen LogP contribution in [0.5, 0.6) is 5.75 Å². The lowest BCUT2D eigenvalue weighted by Gasteiger charge is -2.11. The number of benzene rings is 1. The summed E-state index contributed by atoms with van der Waals surface area (Å²) >= 11 is 7.03. The van der Waals surface area contributed by atoms with E-state index in [1.165, 1.54) is 26.2 Å². The van der Waals surface area contributed by atoms with E-state index in [9.17, 15) is 31.5 Å². The van der Waals surface area contributed by atoms with Crippen LogP contribution in [0.2, 0.25) is 5.02 Å². The molecule has 0 aliphatic heterocycles. The number of aromatic nitrogens is 4. The van der Waals surface area contributed by atoms with Gasteiger partial charge < -0.3 is 15.8 Å². The van der Waals surface area contributed by atoms with Crippen LogP contribution in [0.3, 0.4) is 0 Å². The van der Waals surface area contributed by atoms with Crippen LogP contribution in [0, 0.1) is 6.92 Å². The number of nitrogens with two attached hydrogens (primary N) is 1. The Morgan fingerprint density at radius 2 is 1.90 bits per heavy atom. The zero-order valence-corrected chi connectivity index (χ0v) is 22.4. The number of primary amides is 1. The monoisotopic (exact) mass is 610 g/mol. The molecule has 212 valence electrons. The van der Waals surface area contributed by atoms with Crippen molar-refractivity contribution in [1.29, 1.82) is 0 Å². The molecular formula is C25H16ClF5N6O3S. The Morgan fingerprint density at radius 3 is 2.54 bits per heavy atom. The normalized spacial score (nSPS) is 11.9. The minimum absolute atomic E-state index is 0.00514. The van der Waals surface area contributed by atoms with Crippen molar-refractivity contribution in [2.75, 3.05) is 12.4 Å². The lowest BCUT2D eigenvalue weighted by molar-refractivity contribution is -0.142. The van der Waals surface area contributed by atoms with E-state index in [1.54, 1.807) is 12.1 Å². The third-order valence-electron chi connectivity index (χ3n) is 5.97. The number of carbonyl (C=O) groups is 2. The van der Waals surface area contributed by atoms with Crippen LogP contribution in [-0.4, -0.2) is 38.5 Å². The maximum atomic E-state index is 14.1. The van der Waals surface area contributed by atoms with Gasteiger partial charge in [0.25, 0.3) is 18.2 Å². The quantitative estimate of drug-likeness (QED) is 0.218. The molecule has 0 atom stereocenters. The number of rotatable bonds is 6. The topological polar surface area (TPSA) is 124 Å². The average Bonchev–Trinajstić information content (AvgIpc) is 3.45. The SMILES string of the molecule is COc1cccc(-c2cc(C(F)(F)F)n3nc(C(=O)Nc4c(C(N)=O)sc5nc(C(F)F)cc(C)c45)c(Cl)c3n2)c1. The number of fused-ring (bicyclic) bond motifs is 2. The molecule has 5 aromatic rings. The summed E-state index contributed by atoms with van der Waals surface area (Å²) in [5, 5.41) is 5.82. The van der Waals surface area contributed by atoms with Gasteiger partial charge in [-0.25, -0.2) is 23.3 Å². The van der Waals surface area contributed by atoms with E-state index in [0.717, 1.165) is 12.1 Å². The van der Waals surface area contributed by atoms with Crippen LogP contribution in [0.15, 0.2) is 36.4 Å². The molecule has 0 spiro atoms. The number of hydrogen-bond donors (Lipinski definition) is 2. The van der Waals surface area contributed by atoms with Gasteiger partial charge in [0.15, 0.2) is 17.0 Å². The fraction of sp³-hybridized carbons (Fsp3) is 0.160. The van der Waals surface area contributed by atoms with Crippen LogP contribution in [0.25, 0.3) is 27.1 Å². The molecule has 41 heavy (non-hydrogen) atoms. The van der Waals surface area contributed by atoms with Gasteiger partial charge in [0, 0.05) is 10.9 Å². The summed E-state index contributed by atoms with van der Waals surface area (Å²) < 4.78 is 74.3. The highest BCUT2D eigenvalue weighted by Gasteiger charge is 2.37. The predicted octanol–water partition coefficient (Wildman–Crippen LogP) is 6.28. The highest BCUT2D eigenvalue weighted by Crippen LogP contribution is 2.39. The Kier molecular flexibility index (Phi) is 7.03. The summed E-state index contributed by atoms with van der Waals surface area (Å²) in [6.07, 6.45) is -7.82. The molecule has 4 heterocycles. The van der Waals surface area contributed by atoms with Gasteiger partial charge in [-0.05, 0) is 36.8 Å². The highest BCUT2D eigenvalue weighted by molar-refractivity contribution is 7.21. The van der Waals surface area contributed by atoms with Crippen molar-refractivity contribution in [3.05, 3.63) is 68.9 Å². The van der Waals surface area contributed by atoms with Crippen LogP contribution in [0.1, 0.15) is 43.5 Å². The number of pyridine rings is 1. The Hall–Kier alpha value is -4.37. The van der Waals surface area contributed by atoms with Crippen LogP contribution < -0.4 is 15.8 Å². The predicted molar refractivity (Wildman–Crippen MR) is 141 cm³/mol. The fourth-order valence-electron chi connectivity index (χ4n) is 4.15. The minimum Gasteiger partial charge on any atom is -0.497 e. The first-order chi connectivity index (χ1) is 19.3. The number of carbonyl (C=O) groups excluding carboxylic acids is 2. The van der Waals surface area contributed by atoms with Crippen LogP contribution in [-0.2, 0) is 6.18 Å². The molecule has 0 aliphatic carbocycles. The van der Waals surface area contributed by atoms with E-state index >= 15 is 0 Å². The largest absolute Gasteiger partial charge is 0.497 e. The summed E-state index contributed by atoms with van der Waals surface area (Å²) in [6, 6.07) is 7.98. The number of nitrogens with zero attached hydrogens (tertiary/aromatic N) is 4.